The fraction of sp³-hybridized carbons (Fsp3) is 0.154. The highest BCUT2D eigenvalue weighted by Crippen LogP contribution is 2.30. The van der Waals surface area contributed by atoms with Crippen LogP contribution in [0.2, 0.25) is 5.02 Å². The first-order chi connectivity index (χ1) is 8.16. The quantitative estimate of drug-likeness (QED) is 0.500. The predicted octanol–water partition coefficient (Wildman–Crippen LogP) is 5.02. The summed E-state index contributed by atoms with van der Waals surface area (Å²) in [7, 11) is 0. The summed E-state index contributed by atoms with van der Waals surface area (Å²) < 4.78 is 1.07. The number of nitrogens with zero attached hydrogens (tertiary/aromatic N) is 1. The van der Waals surface area contributed by atoms with Crippen LogP contribution in [0, 0.1) is 3.57 Å². The van der Waals surface area contributed by atoms with E-state index in [1.807, 2.05) is 36.5 Å². The molecule has 0 bridgehead atoms. The van der Waals surface area contributed by atoms with Gasteiger partial charge in [-0.25, -0.2) is 0 Å². The van der Waals surface area contributed by atoms with Crippen LogP contribution in [0.3, 0.4) is 0 Å². The standard InChI is InChI=1S/C13H10BrClIN/c14-11(8-10-3-1-2-6-17-10)9-4-5-13(16)12(15)7-9/h1-7,11H,8H2. The normalized spacial score (nSPS) is 12.4. The molecule has 0 amide bonds. The van der Waals surface area contributed by atoms with E-state index < -0.39 is 0 Å². The van der Waals surface area contributed by atoms with E-state index in [-0.39, 0.29) is 4.83 Å². The van der Waals surface area contributed by atoms with Gasteiger partial charge in [0.15, 0.2) is 0 Å². The highest BCUT2D eigenvalue weighted by atomic mass is 127. The van der Waals surface area contributed by atoms with Gasteiger partial charge in [-0.3, -0.25) is 4.98 Å². The van der Waals surface area contributed by atoms with Crippen LogP contribution < -0.4 is 0 Å². The molecule has 2 aromatic rings. The van der Waals surface area contributed by atoms with E-state index in [1.54, 1.807) is 0 Å². The Morgan fingerprint density at radius 1 is 1.29 bits per heavy atom. The Labute approximate surface area is 128 Å². The molecule has 1 aromatic heterocycles. The minimum Gasteiger partial charge on any atom is -0.261 e. The van der Waals surface area contributed by atoms with Crippen LogP contribution in [0.25, 0.3) is 0 Å². The Hall–Kier alpha value is -0.130. The fourth-order valence-corrected chi connectivity index (χ4v) is 2.67. The maximum Gasteiger partial charge on any atom is 0.0542 e. The molecule has 0 N–H and O–H groups in total. The number of hydrogen-bond donors (Lipinski definition) is 0. The average Bonchev–Trinajstić information content (AvgIpc) is 2.34. The van der Waals surface area contributed by atoms with E-state index in [0.29, 0.717) is 0 Å². The van der Waals surface area contributed by atoms with Crippen molar-refractivity contribution in [1.29, 1.82) is 0 Å². The van der Waals surface area contributed by atoms with Crippen molar-refractivity contribution in [2.24, 2.45) is 0 Å². The lowest BCUT2D eigenvalue weighted by molar-refractivity contribution is 0.904. The fourth-order valence-electron chi connectivity index (χ4n) is 1.53. The van der Waals surface area contributed by atoms with Crippen LogP contribution in [-0.2, 0) is 6.42 Å². The summed E-state index contributed by atoms with van der Waals surface area (Å²) in [6.45, 7) is 0. The van der Waals surface area contributed by atoms with Gasteiger partial charge in [-0.05, 0) is 52.4 Å². The third kappa shape index (κ3) is 3.66. The van der Waals surface area contributed by atoms with Crippen molar-refractivity contribution in [2.45, 2.75) is 11.2 Å². The SMILES string of the molecule is Clc1cc(C(Br)Cc2ccccn2)ccc1I. The van der Waals surface area contributed by atoms with Gasteiger partial charge in [0.05, 0.1) is 5.02 Å². The van der Waals surface area contributed by atoms with E-state index in [0.717, 1.165) is 20.7 Å². The summed E-state index contributed by atoms with van der Waals surface area (Å²) in [4.78, 5) is 4.56. The van der Waals surface area contributed by atoms with Crippen molar-refractivity contribution in [3.63, 3.8) is 0 Å². The first-order valence-corrected chi connectivity index (χ1v) is 7.53. The van der Waals surface area contributed by atoms with Crippen molar-refractivity contribution in [2.75, 3.05) is 0 Å². The Balaban J connectivity index is 2.14. The van der Waals surface area contributed by atoms with Gasteiger partial charge < -0.3 is 0 Å². The van der Waals surface area contributed by atoms with Gasteiger partial charge in [0.2, 0.25) is 0 Å². The van der Waals surface area contributed by atoms with Crippen LogP contribution in [0.15, 0.2) is 42.6 Å². The van der Waals surface area contributed by atoms with E-state index >= 15 is 0 Å². The topological polar surface area (TPSA) is 12.9 Å². The zero-order chi connectivity index (χ0) is 12.3. The lowest BCUT2D eigenvalue weighted by Gasteiger charge is -2.10. The van der Waals surface area contributed by atoms with Crippen LogP contribution in [0.5, 0.6) is 0 Å². The van der Waals surface area contributed by atoms with Crippen molar-refractivity contribution in [3.05, 3.63) is 62.4 Å². The predicted molar refractivity (Wildman–Crippen MR) is 83.8 cm³/mol. The van der Waals surface area contributed by atoms with Crippen molar-refractivity contribution in [1.82, 2.24) is 4.98 Å². The molecule has 0 aliphatic carbocycles. The second-order valence-electron chi connectivity index (χ2n) is 3.67. The Kier molecular flexibility index (Phi) is 4.82. The Morgan fingerprint density at radius 2 is 2.12 bits per heavy atom. The van der Waals surface area contributed by atoms with Gasteiger partial charge in [-0.2, -0.15) is 0 Å². The van der Waals surface area contributed by atoms with Crippen LogP contribution in [0.4, 0.5) is 0 Å². The Bertz CT molecular complexity index is 504. The third-order valence-corrected chi connectivity index (χ3v) is 4.84. The molecule has 1 unspecified atom stereocenters. The molecule has 1 nitrogen and oxygen atoms in total. The van der Waals surface area contributed by atoms with Gasteiger partial charge in [0.1, 0.15) is 0 Å². The number of benzene rings is 1. The van der Waals surface area contributed by atoms with Crippen LogP contribution in [-0.4, -0.2) is 4.98 Å². The van der Waals surface area contributed by atoms with Gasteiger partial charge in [0.25, 0.3) is 0 Å². The van der Waals surface area contributed by atoms with Crippen molar-refractivity contribution in [3.8, 4) is 0 Å². The Morgan fingerprint density at radius 3 is 2.76 bits per heavy atom. The van der Waals surface area contributed by atoms with Crippen LogP contribution >= 0.6 is 50.1 Å². The summed E-state index contributed by atoms with van der Waals surface area (Å²) in [5.41, 5.74) is 2.25. The highest BCUT2D eigenvalue weighted by molar-refractivity contribution is 14.1. The molecule has 2 rings (SSSR count). The zero-order valence-corrected chi connectivity index (χ0v) is 13.4. The maximum absolute atomic E-state index is 6.12. The third-order valence-electron chi connectivity index (χ3n) is 2.42. The van der Waals surface area contributed by atoms with Gasteiger partial charge >= 0.3 is 0 Å². The minimum atomic E-state index is 0.242. The van der Waals surface area contributed by atoms with E-state index in [9.17, 15) is 0 Å². The lowest BCUT2D eigenvalue weighted by atomic mass is 10.1. The number of aromatic nitrogens is 1. The number of alkyl halides is 1. The summed E-state index contributed by atoms with van der Waals surface area (Å²) in [5.74, 6) is 0. The molecule has 88 valence electrons. The number of pyridine rings is 1. The zero-order valence-electron chi connectivity index (χ0n) is 8.91. The summed E-state index contributed by atoms with van der Waals surface area (Å²) in [6, 6.07) is 12.1. The molecule has 17 heavy (non-hydrogen) atoms. The molecule has 1 heterocycles. The summed E-state index contributed by atoms with van der Waals surface area (Å²) in [6.07, 6.45) is 2.67. The maximum atomic E-state index is 6.12. The second kappa shape index (κ2) is 6.16. The first-order valence-electron chi connectivity index (χ1n) is 5.16. The lowest BCUT2D eigenvalue weighted by Crippen LogP contribution is -1.97. The van der Waals surface area contributed by atoms with Crippen molar-refractivity contribution >= 4 is 50.1 Å². The smallest absolute Gasteiger partial charge is 0.0542 e. The molecule has 1 aromatic carbocycles. The molecule has 0 aliphatic rings. The molecule has 0 saturated heterocycles. The summed E-state index contributed by atoms with van der Waals surface area (Å²) in [5, 5.41) is 0.800. The number of hydrogen-bond acceptors (Lipinski definition) is 1. The first kappa shape index (κ1) is 13.3. The van der Waals surface area contributed by atoms with Gasteiger partial charge in [-0.1, -0.05) is 39.7 Å². The monoisotopic (exact) mass is 421 g/mol. The van der Waals surface area contributed by atoms with E-state index in [2.05, 4.69) is 49.6 Å². The van der Waals surface area contributed by atoms with Crippen LogP contribution in [0.1, 0.15) is 16.1 Å². The van der Waals surface area contributed by atoms with Gasteiger partial charge in [0, 0.05) is 26.7 Å². The van der Waals surface area contributed by atoms with E-state index in [4.69, 9.17) is 11.6 Å². The van der Waals surface area contributed by atoms with Crippen molar-refractivity contribution < 1.29 is 0 Å². The molecule has 0 fully saturated rings. The molecule has 0 radical (unpaired) electrons. The number of rotatable bonds is 3. The minimum absolute atomic E-state index is 0.242. The number of halogens is 3. The summed E-state index contributed by atoms with van der Waals surface area (Å²) >= 11 is 12.0. The van der Waals surface area contributed by atoms with E-state index in [1.165, 1.54) is 5.56 Å². The molecule has 4 heteroatoms. The molecule has 0 spiro atoms. The second-order valence-corrected chi connectivity index (χ2v) is 6.34. The molecule has 1 atom stereocenters. The molecular formula is C13H10BrClIN. The highest BCUT2D eigenvalue weighted by Gasteiger charge is 2.10. The molecule has 0 saturated carbocycles. The molecular weight excluding hydrogens is 412 g/mol. The van der Waals surface area contributed by atoms with Gasteiger partial charge in [-0.15, -0.1) is 0 Å². The molecule has 0 aliphatic heterocycles. The largest absolute Gasteiger partial charge is 0.261 e. The average molecular weight is 422 g/mol.